The Morgan fingerprint density at radius 3 is 2.48 bits per heavy atom. The van der Waals surface area contributed by atoms with Crippen LogP contribution >= 0.6 is 11.3 Å². The van der Waals surface area contributed by atoms with Crippen molar-refractivity contribution in [3.63, 3.8) is 0 Å². The molecule has 2 aromatic rings. The molecule has 1 aromatic heterocycles. The molecule has 3 aliphatic rings. The van der Waals surface area contributed by atoms with Crippen LogP contribution in [0.4, 0.5) is 0 Å². The number of fused-ring (bicyclic) bond motifs is 3. The van der Waals surface area contributed by atoms with E-state index in [2.05, 4.69) is 6.92 Å². The van der Waals surface area contributed by atoms with Crippen LogP contribution in [0.1, 0.15) is 42.7 Å². The van der Waals surface area contributed by atoms with Crippen molar-refractivity contribution in [2.75, 3.05) is 13.2 Å². The Kier molecular flexibility index (Phi) is 4.04. The first-order valence-corrected chi connectivity index (χ1v) is 10.4. The van der Waals surface area contributed by atoms with Gasteiger partial charge in [-0.2, -0.15) is 0 Å². The first-order chi connectivity index (χ1) is 13.2. The molecule has 0 spiro atoms. The molecule has 2 bridgehead atoms. The summed E-state index contributed by atoms with van der Waals surface area (Å²) in [4.78, 5) is 31.7. The van der Waals surface area contributed by atoms with Crippen LogP contribution in [-0.2, 0) is 16.0 Å². The second-order valence-corrected chi connectivity index (χ2v) is 8.57. The summed E-state index contributed by atoms with van der Waals surface area (Å²) in [6.45, 7) is 3.15. The fourth-order valence-electron chi connectivity index (χ4n) is 4.52. The largest absolute Gasteiger partial charge is 0.486 e. The van der Waals surface area contributed by atoms with Crippen molar-refractivity contribution in [3.8, 4) is 22.1 Å². The molecular weight excluding hydrogens is 362 g/mol. The van der Waals surface area contributed by atoms with Crippen LogP contribution in [0.15, 0.2) is 18.2 Å². The Hall–Kier alpha value is -2.21. The molecule has 0 N–H and O–H groups in total. The first kappa shape index (κ1) is 16.9. The van der Waals surface area contributed by atoms with Gasteiger partial charge < -0.3 is 9.47 Å². The molecule has 140 valence electrons. The number of hydrogen-bond donors (Lipinski definition) is 0. The molecule has 2 fully saturated rings. The van der Waals surface area contributed by atoms with E-state index in [1.54, 1.807) is 11.3 Å². The second-order valence-electron chi connectivity index (χ2n) is 7.48. The molecular formula is C21H21NO4S. The van der Waals surface area contributed by atoms with E-state index < -0.39 is 5.92 Å². The maximum absolute atomic E-state index is 12.9. The summed E-state index contributed by atoms with van der Waals surface area (Å²) in [5.41, 5.74) is 1.63. The number of carbonyl (C=O) groups is 2. The smallest absolute Gasteiger partial charge is 0.162 e. The fourth-order valence-corrected chi connectivity index (χ4v) is 5.56. The van der Waals surface area contributed by atoms with Gasteiger partial charge in [0.2, 0.25) is 0 Å². The summed E-state index contributed by atoms with van der Waals surface area (Å²) < 4.78 is 11.3. The first-order valence-electron chi connectivity index (χ1n) is 9.62. The van der Waals surface area contributed by atoms with Crippen LogP contribution < -0.4 is 9.47 Å². The van der Waals surface area contributed by atoms with E-state index in [4.69, 9.17) is 14.5 Å². The van der Waals surface area contributed by atoms with Gasteiger partial charge in [-0.3, -0.25) is 9.59 Å². The molecule has 2 saturated carbocycles. The third kappa shape index (κ3) is 2.69. The Labute approximate surface area is 161 Å². The predicted molar refractivity (Wildman–Crippen MR) is 102 cm³/mol. The van der Waals surface area contributed by atoms with Crippen LogP contribution in [0.2, 0.25) is 0 Å². The Morgan fingerprint density at radius 2 is 1.78 bits per heavy atom. The number of nitrogens with zero attached hydrogens (tertiary/aromatic N) is 1. The SMILES string of the molecule is CCc1sc(-c2ccc3c(c2)OCCO3)nc1C1C(=O)C2CC[C@@H](C2)C1=O. The maximum atomic E-state index is 12.9. The summed E-state index contributed by atoms with van der Waals surface area (Å²) in [5.74, 6) is 1.06. The van der Waals surface area contributed by atoms with E-state index in [1.165, 1.54) is 0 Å². The molecule has 2 heterocycles. The minimum Gasteiger partial charge on any atom is -0.486 e. The van der Waals surface area contributed by atoms with Crippen LogP contribution in [-0.4, -0.2) is 29.8 Å². The lowest BCUT2D eigenvalue weighted by atomic mass is 9.77. The molecule has 2 aliphatic carbocycles. The third-order valence-corrected chi connectivity index (χ3v) is 7.18. The number of ketones is 2. The van der Waals surface area contributed by atoms with Gasteiger partial charge in [-0.05, 0) is 43.9 Å². The lowest BCUT2D eigenvalue weighted by molar-refractivity contribution is -0.136. The monoisotopic (exact) mass is 383 g/mol. The van der Waals surface area contributed by atoms with Gasteiger partial charge in [0.1, 0.15) is 24.1 Å². The average molecular weight is 383 g/mol. The van der Waals surface area contributed by atoms with E-state index in [-0.39, 0.29) is 23.4 Å². The predicted octanol–water partition coefficient (Wildman–Crippen LogP) is 3.80. The molecule has 1 aliphatic heterocycles. The fraction of sp³-hybridized carbons (Fsp3) is 0.476. The highest BCUT2D eigenvalue weighted by molar-refractivity contribution is 7.15. The molecule has 5 nitrogen and oxygen atoms in total. The van der Waals surface area contributed by atoms with Gasteiger partial charge in [0, 0.05) is 22.3 Å². The number of benzene rings is 1. The highest BCUT2D eigenvalue weighted by Crippen LogP contribution is 2.46. The standard InChI is InChI=1S/C21H21NO4S/c1-2-16-18(17-19(23)11-3-4-12(9-11)20(17)24)22-21(27-16)13-5-6-14-15(10-13)26-8-7-25-14/h5-6,10-12,17H,2-4,7-9H2,1H3/t11-,12?,17?/m0/s1. The summed E-state index contributed by atoms with van der Waals surface area (Å²) in [6, 6.07) is 5.79. The minimum absolute atomic E-state index is 0.0434. The Bertz CT molecular complexity index is 912. The lowest BCUT2D eigenvalue weighted by Gasteiger charge is -2.24. The molecule has 6 heteroatoms. The highest BCUT2D eigenvalue weighted by Gasteiger charge is 2.48. The van der Waals surface area contributed by atoms with E-state index in [9.17, 15) is 9.59 Å². The van der Waals surface area contributed by atoms with E-state index in [0.29, 0.717) is 18.9 Å². The zero-order chi connectivity index (χ0) is 18.5. The molecule has 3 atom stereocenters. The average Bonchev–Trinajstić information content (AvgIpc) is 3.32. The van der Waals surface area contributed by atoms with Crippen molar-refractivity contribution >= 4 is 22.9 Å². The van der Waals surface area contributed by atoms with Gasteiger partial charge in [0.25, 0.3) is 0 Å². The van der Waals surface area contributed by atoms with Gasteiger partial charge in [-0.25, -0.2) is 4.98 Å². The van der Waals surface area contributed by atoms with Gasteiger partial charge in [-0.1, -0.05) is 6.92 Å². The Morgan fingerprint density at radius 1 is 1.07 bits per heavy atom. The van der Waals surface area contributed by atoms with Crippen LogP contribution in [0.3, 0.4) is 0 Å². The summed E-state index contributed by atoms with van der Waals surface area (Å²) in [6.07, 6.45) is 3.22. The van der Waals surface area contributed by atoms with Gasteiger partial charge in [-0.15, -0.1) is 11.3 Å². The van der Waals surface area contributed by atoms with Gasteiger partial charge >= 0.3 is 0 Å². The molecule has 0 radical (unpaired) electrons. The maximum Gasteiger partial charge on any atom is 0.162 e. The second kappa shape index (κ2) is 6.44. The highest BCUT2D eigenvalue weighted by atomic mass is 32.1. The van der Waals surface area contributed by atoms with Crippen LogP contribution in [0.25, 0.3) is 10.6 Å². The molecule has 2 unspecified atom stereocenters. The molecule has 0 amide bonds. The summed E-state index contributed by atoms with van der Waals surface area (Å²) in [5, 5.41) is 0.831. The molecule has 1 aromatic carbocycles. The lowest BCUT2D eigenvalue weighted by Crippen LogP contribution is -2.35. The number of ether oxygens (including phenoxy) is 2. The van der Waals surface area contributed by atoms with Crippen molar-refractivity contribution in [2.24, 2.45) is 11.8 Å². The number of aromatic nitrogens is 1. The Balaban J connectivity index is 1.55. The number of Topliss-reactive ketones (excluding diaryl/α,β-unsaturated/α-hetero) is 2. The summed E-state index contributed by atoms with van der Waals surface area (Å²) >= 11 is 1.57. The normalized spacial score (nSPS) is 26.5. The van der Waals surface area contributed by atoms with Gasteiger partial charge in [0.15, 0.2) is 23.1 Å². The topological polar surface area (TPSA) is 65.5 Å². The molecule has 0 saturated heterocycles. The van der Waals surface area contributed by atoms with Crippen LogP contribution in [0.5, 0.6) is 11.5 Å². The van der Waals surface area contributed by atoms with Crippen molar-refractivity contribution < 1.29 is 19.1 Å². The quantitative estimate of drug-likeness (QED) is 0.755. The van der Waals surface area contributed by atoms with Crippen molar-refractivity contribution in [2.45, 2.75) is 38.5 Å². The van der Waals surface area contributed by atoms with Crippen molar-refractivity contribution in [1.82, 2.24) is 4.98 Å². The number of aryl methyl sites for hydroxylation is 1. The molecule has 5 rings (SSSR count). The zero-order valence-electron chi connectivity index (χ0n) is 15.2. The minimum atomic E-state index is -0.659. The number of thiazole rings is 1. The van der Waals surface area contributed by atoms with E-state index >= 15 is 0 Å². The van der Waals surface area contributed by atoms with Crippen molar-refractivity contribution in [3.05, 3.63) is 28.8 Å². The van der Waals surface area contributed by atoms with Gasteiger partial charge in [0.05, 0.1) is 5.69 Å². The summed E-state index contributed by atoms with van der Waals surface area (Å²) in [7, 11) is 0. The number of rotatable bonds is 3. The zero-order valence-corrected chi connectivity index (χ0v) is 16.0. The van der Waals surface area contributed by atoms with E-state index in [1.807, 2.05) is 18.2 Å². The third-order valence-electron chi connectivity index (χ3n) is 5.92. The molecule has 27 heavy (non-hydrogen) atoms. The number of hydrogen-bond acceptors (Lipinski definition) is 6. The number of carbonyl (C=O) groups excluding carboxylic acids is 2. The van der Waals surface area contributed by atoms with E-state index in [0.717, 1.165) is 52.6 Å². The van der Waals surface area contributed by atoms with Crippen LogP contribution in [0, 0.1) is 11.8 Å². The van der Waals surface area contributed by atoms with Crippen molar-refractivity contribution in [1.29, 1.82) is 0 Å².